The first-order chi connectivity index (χ1) is 16.2. The van der Waals surface area contributed by atoms with Crippen LogP contribution in [-0.4, -0.2) is 38.8 Å². The van der Waals surface area contributed by atoms with Crippen LogP contribution in [0.2, 0.25) is 0 Å². The predicted octanol–water partition coefficient (Wildman–Crippen LogP) is 3.75. The normalized spacial score (nSPS) is 11.4. The first kappa shape index (κ1) is 24.8. The van der Waals surface area contributed by atoms with Crippen molar-refractivity contribution in [2.24, 2.45) is 5.10 Å². The Kier molecular flexibility index (Phi) is 7.91. The van der Waals surface area contributed by atoms with E-state index in [1.807, 2.05) is 13.8 Å². The standard InChI is InChI=1S/C25H27N3O5S/c1-4-33-24-15-20(9-14-23(24)29)16-26-27-25(30)17-28(21-10-5-18(2)6-11-21)34(31,32)22-12-7-19(3)8-13-22/h5-16,29H,4,17H2,1-3H3,(H,27,30)/b26-16-. The molecule has 34 heavy (non-hydrogen) atoms. The number of benzene rings is 3. The first-order valence-corrected chi connectivity index (χ1v) is 12.1. The Labute approximate surface area is 199 Å². The van der Waals surface area contributed by atoms with E-state index in [0.717, 1.165) is 15.4 Å². The number of amides is 1. The SMILES string of the molecule is CCOc1cc(/C=N\NC(=O)CN(c2ccc(C)cc2)S(=O)(=O)c2ccc(C)cc2)ccc1O. The first-order valence-electron chi connectivity index (χ1n) is 10.6. The summed E-state index contributed by atoms with van der Waals surface area (Å²) in [6.45, 7) is 5.48. The number of rotatable bonds is 9. The van der Waals surface area contributed by atoms with Crippen LogP contribution in [0.1, 0.15) is 23.6 Å². The molecule has 0 spiro atoms. The fourth-order valence-electron chi connectivity index (χ4n) is 3.09. The summed E-state index contributed by atoms with van der Waals surface area (Å²) in [5.41, 5.74) is 5.21. The number of hydrogen-bond donors (Lipinski definition) is 2. The van der Waals surface area contributed by atoms with Gasteiger partial charge in [0.2, 0.25) is 0 Å². The molecule has 9 heteroatoms. The van der Waals surface area contributed by atoms with Crippen LogP contribution in [-0.2, 0) is 14.8 Å². The van der Waals surface area contributed by atoms with Gasteiger partial charge < -0.3 is 9.84 Å². The number of carbonyl (C=O) groups is 1. The predicted molar refractivity (Wildman–Crippen MR) is 132 cm³/mol. The molecule has 178 valence electrons. The molecular formula is C25H27N3O5S. The molecule has 0 unspecified atom stereocenters. The van der Waals surface area contributed by atoms with Gasteiger partial charge in [0.1, 0.15) is 6.54 Å². The molecule has 3 rings (SSSR count). The van der Waals surface area contributed by atoms with Crippen LogP contribution in [0.3, 0.4) is 0 Å². The number of aryl methyl sites for hydroxylation is 2. The fourth-order valence-corrected chi connectivity index (χ4v) is 4.51. The van der Waals surface area contributed by atoms with E-state index < -0.39 is 22.5 Å². The lowest BCUT2D eigenvalue weighted by molar-refractivity contribution is -0.119. The van der Waals surface area contributed by atoms with E-state index in [9.17, 15) is 18.3 Å². The number of sulfonamides is 1. The van der Waals surface area contributed by atoms with Crippen LogP contribution >= 0.6 is 0 Å². The Bertz CT molecular complexity index is 1270. The van der Waals surface area contributed by atoms with E-state index in [1.54, 1.807) is 55.5 Å². The molecule has 0 heterocycles. The van der Waals surface area contributed by atoms with E-state index in [1.165, 1.54) is 24.4 Å². The quantitative estimate of drug-likeness (QED) is 0.357. The minimum absolute atomic E-state index is 0.00177. The molecule has 0 saturated carbocycles. The molecule has 0 aliphatic carbocycles. The molecule has 3 aromatic carbocycles. The third kappa shape index (κ3) is 6.14. The molecule has 0 radical (unpaired) electrons. The maximum atomic E-state index is 13.4. The van der Waals surface area contributed by atoms with Crippen molar-refractivity contribution >= 4 is 27.8 Å². The van der Waals surface area contributed by atoms with Gasteiger partial charge in [0, 0.05) is 0 Å². The minimum atomic E-state index is -4.00. The molecule has 0 atom stereocenters. The smallest absolute Gasteiger partial charge is 0.264 e. The number of phenolic OH excluding ortho intramolecular Hbond substituents is 1. The van der Waals surface area contributed by atoms with Gasteiger partial charge in [0.05, 0.1) is 23.4 Å². The average molecular weight is 482 g/mol. The summed E-state index contributed by atoms with van der Waals surface area (Å²) >= 11 is 0. The number of aromatic hydroxyl groups is 1. The second kappa shape index (κ2) is 10.8. The summed E-state index contributed by atoms with van der Waals surface area (Å²) in [6, 6.07) is 18.0. The second-order valence-corrected chi connectivity index (χ2v) is 9.48. The molecule has 0 aliphatic rings. The van der Waals surface area contributed by atoms with Crippen molar-refractivity contribution in [1.29, 1.82) is 0 Å². The van der Waals surface area contributed by atoms with Crippen molar-refractivity contribution in [2.75, 3.05) is 17.5 Å². The Balaban J connectivity index is 1.80. The summed E-state index contributed by atoms with van der Waals surface area (Å²) in [6.07, 6.45) is 1.38. The van der Waals surface area contributed by atoms with Gasteiger partial charge in [-0.05, 0) is 68.8 Å². The van der Waals surface area contributed by atoms with Gasteiger partial charge in [-0.25, -0.2) is 13.8 Å². The monoisotopic (exact) mass is 481 g/mol. The molecule has 1 amide bonds. The molecule has 0 aliphatic heterocycles. The van der Waals surface area contributed by atoms with E-state index in [4.69, 9.17) is 4.74 Å². The van der Waals surface area contributed by atoms with Gasteiger partial charge in [-0.15, -0.1) is 0 Å². The maximum absolute atomic E-state index is 13.4. The second-order valence-electron chi connectivity index (χ2n) is 7.61. The number of nitrogens with zero attached hydrogens (tertiary/aromatic N) is 2. The molecule has 2 N–H and O–H groups in total. The Morgan fingerprint density at radius 3 is 2.26 bits per heavy atom. The molecule has 3 aromatic rings. The molecule has 0 aromatic heterocycles. The summed E-state index contributed by atoms with van der Waals surface area (Å²) < 4.78 is 33.1. The molecule has 0 fully saturated rings. The Morgan fingerprint density at radius 2 is 1.65 bits per heavy atom. The summed E-state index contributed by atoms with van der Waals surface area (Å²) in [4.78, 5) is 12.7. The third-order valence-corrected chi connectivity index (χ3v) is 6.69. The Hall–Kier alpha value is -3.85. The van der Waals surface area contributed by atoms with Crippen molar-refractivity contribution in [1.82, 2.24) is 5.43 Å². The van der Waals surface area contributed by atoms with Crippen molar-refractivity contribution in [3.05, 3.63) is 83.4 Å². The average Bonchev–Trinajstić information content (AvgIpc) is 2.80. The van der Waals surface area contributed by atoms with E-state index >= 15 is 0 Å². The highest BCUT2D eigenvalue weighted by Gasteiger charge is 2.27. The van der Waals surface area contributed by atoms with Gasteiger partial charge in [-0.1, -0.05) is 35.4 Å². The lowest BCUT2D eigenvalue weighted by Crippen LogP contribution is -2.39. The number of hydrogen-bond acceptors (Lipinski definition) is 6. The van der Waals surface area contributed by atoms with Crippen molar-refractivity contribution < 1.29 is 23.1 Å². The van der Waals surface area contributed by atoms with Gasteiger partial charge in [-0.3, -0.25) is 9.10 Å². The molecule has 0 saturated heterocycles. The Morgan fingerprint density at radius 1 is 1.03 bits per heavy atom. The van der Waals surface area contributed by atoms with Crippen molar-refractivity contribution in [3.63, 3.8) is 0 Å². The van der Waals surface area contributed by atoms with Gasteiger partial charge in [0.25, 0.3) is 15.9 Å². The zero-order valence-electron chi connectivity index (χ0n) is 19.2. The minimum Gasteiger partial charge on any atom is -0.504 e. The zero-order chi connectivity index (χ0) is 24.7. The highest BCUT2D eigenvalue weighted by molar-refractivity contribution is 7.92. The third-order valence-electron chi connectivity index (χ3n) is 4.90. The number of carbonyl (C=O) groups excluding carboxylic acids is 1. The summed E-state index contributed by atoms with van der Waals surface area (Å²) in [5.74, 6) is -0.318. The summed E-state index contributed by atoms with van der Waals surface area (Å²) in [5, 5.41) is 13.7. The lowest BCUT2D eigenvalue weighted by atomic mass is 10.2. The van der Waals surface area contributed by atoms with Gasteiger partial charge in [0.15, 0.2) is 11.5 Å². The van der Waals surface area contributed by atoms with Crippen LogP contribution in [0.15, 0.2) is 76.7 Å². The number of ether oxygens (including phenoxy) is 1. The fraction of sp³-hybridized carbons (Fsp3) is 0.200. The van der Waals surface area contributed by atoms with Crippen LogP contribution < -0.4 is 14.5 Å². The van der Waals surface area contributed by atoms with E-state index in [0.29, 0.717) is 23.6 Å². The largest absolute Gasteiger partial charge is 0.504 e. The van der Waals surface area contributed by atoms with Gasteiger partial charge in [-0.2, -0.15) is 5.10 Å². The van der Waals surface area contributed by atoms with E-state index in [-0.39, 0.29) is 10.6 Å². The number of hydrazone groups is 1. The van der Waals surface area contributed by atoms with Crippen molar-refractivity contribution in [3.8, 4) is 11.5 Å². The molecule has 0 bridgehead atoms. The molecule has 8 nitrogen and oxygen atoms in total. The number of anilines is 1. The molecular weight excluding hydrogens is 454 g/mol. The maximum Gasteiger partial charge on any atom is 0.264 e. The topological polar surface area (TPSA) is 108 Å². The van der Waals surface area contributed by atoms with Crippen LogP contribution in [0, 0.1) is 13.8 Å². The zero-order valence-corrected chi connectivity index (χ0v) is 20.0. The van der Waals surface area contributed by atoms with Crippen LogP contribution in [0.5, 0.6) is 11.5 Å². The van der Waals surface area contributed by atoms with Gasteiger partial charge >= 0.3 is 0 Å². The summed E-state index contributed by atoms with van der Waals surface area (Å²) in [7, 11) is -4.00. The number of phenols is 1. The highest BCUT2D eigenvalue weighted by Crippen LogP contribution is 2.26. The van der Waals surface area contributed by atoms with Crippen molar-refractivity contribution in [2.45, 2.75) is 25.7 Å². The van der Waals surface area contributed by atoms with Crippen LogP contribution in [0.4, 0.5) is 5.69 Å². The highest BCUT2D eigenvalue weighted by atomic mass is 32.2. The number of nitrogens with one attached hydrogen (secondary N) is 1. The van der Waals surface area contributed by atoms with E-state index in [2.05, 4.69) is 10.5 Å². The van der Waals surface area contributed by atoms with Crippen LogP contribution in [0.25, 0.3) is 0 Å². The lowest BCUT2D eigenvalue weighted by Gasteiger charge is -2.24.